The smallest absolute Gasteiger partial charge is 0.300 e. The van der Waals surface area contributed by atoms with Crippen molar-refractivity contribution >= 4 is 23.1 Å². The molecule has 36 heavy (non-hydrogen) atoms. The fourth-order valence-electron chi connectivity index (χ4n) is 4.61. The topological polar surface area (TPSA) is 76.1 Å². The van der Waals surface area contributed by atoms with Crippen molar-refractivity contribution < 1.29 is 24.2 Å². The second-order valence-electron chi connectivity index (χ2n) is 9.95. The standard InChI is InChI=1S/C30H31NO5/c1-18-9-7-10-19(15-18)26-25(27(32)20-13-14-24(36-6)23(16-20)30(2,3)4)28(33)29(34)31(26)21-11-8-12-22(17-21)35-5/h7-17,26,32H,1-6H3/b27-25-. The van der Waals surface area contributed by atoms with E-state index in [0.717, 1.165) is 16.7 Å². The number of methoxy groups -OCH3 is 2. The predicted octanol–water partition coefficient (Wildman–Crippen LogP) is 5.94. The molecule has 1 aliphatic heterocycles. The molecule has 1 amide bonds. The van der Waals surface area contributed by atoms with Crippen molar-refractivity contribution in [2.75, 3.05) is 19.1 Å². The number of Topliss-reactive ketones (excluding diaryl/α,β-unsaturated/α-hetero) is 1. The molecular weight excluding hydrogens is 454 g/mol. The first-order chi connectivity index (χ1) is 17.1. The minimum absolute atomic E-state index is 0.0402. The Hall–Kier alpha value is -4.06. The first-order valence-electron chi connectivity index (χ1n) is 11.8. The SMILES string of the molecule is COc1cccc(N2C(=O)C(=O)/C(=C(\O)c3ccc(OC)c(C(C)(C)C)c3)C2c2cccc(C)c2)c1. The highest BCUT2D eigenvalue weighted by Crippen LogP contribution is 2.43. The highest BCUT2D eigenvalue weighted by Gasteiger charge is 2.47. The predicted molar refractivity (Wildman–Crippen MR) is 141 cm³/mol. The summed E-state index contributed by atoms with van der Waals surface area (Å²) in [7, 11) is 3.14. The molecule has 0 bridgehead atoms. The molecular formula is C30H31NO5. The molecule has 1 heterocycles. The van der Waals surface area contributed by atoms with E-state index in [-0.39, 0.29) is 16.7 Å². The minimum atomic E-state index is -0.808. The summed E-state index contributed by atoms with van der Waals surface area (Å²) in [4.78, 5) is 28.3. The number of carbonyl (C=O) groups is 2. The Morgan fingerprint density at radius 1 is 0.917 bits per heavy atom. The molecule has 3 aromatic rings. The van der Waals surface area contributed by atoms with E-state index < -0.39 is 17.7 Å². The number of hydrogen-bond acceptors (Lipinski definition) is 5. The molecule has 3 aromatic carbocycles. The van der Waals surface area contributed by atoms with E-state index >= 15 is 0 Å². The summed E-state index contributed by atoms with van der Waals surface area (Å²) in [6.07, 6.45) is 0. The lowest BCUT2D eigenvalue weighted by molar-refractivity contribution is -0.132. The Labute approximate surface area is 211 Å². The van der Waals surface area contributed by atoms with E-state index in [9.17, 15) is 14.7 Å². The van der Waals surface area contributed by atoms with E-state index in [2.05, 4.69) is 0 Å². The Balaban J connectivity index is 1.97. The maximum atomic E-state index is 13.5. The van der Waals surface area contributed by atoms with Gasteiger partial charge in [-0.1, -0.05) is 56.7 Å². The van der Waals surface area contributed by atoms with Gasteiger partial charge >= 0.3 is 0 Å². The van der Waals surface area contributed by atoms with E-state index in [1.165, 1.54) is 4.90 Å². The number of ether oxygens (including phenoxy) is 2. The zero-order valence-corrected chi connectivity index (χ0v) is 21.5. The van der Waals surface area contributed by atoms with Gasteiger partial charge in [0.2, 0.25) is 0 Å². The van der Waals surface area contributed by atoms with Gasteiger partial charge in [-0.2, -0.15) is 0 Å². The van der Waals surface area contributed by atoms with Crippen LogP contribution in [0.5, 0.6) is 11.5 Å². The molecule has 0 radical (unpaired) electrons. The van der Waals surface area contributed by atoms with Crippen molar-refractivity contribution in [3.05, 3.63) is 94.6 Å². The number of carbonyl (C=O) groups excluding carboxylic acids is 2. The quantitative estimate of drug-likeness (QED) is 0.275. The summed E-state index contributed by atoms with van der Waals surface area (Å²) in [6.45, 7) is 8.08. The van der Waals surface area contributed by atoms with E-state index in [0.29, 0.717) is 22.7 Å². The van der Waals surface area contributed by atoms with Crippen LogP contribution in [0.2, 0.25) is 0 Å². The lowest BCUT2D eigenvalue weighted by atomic mass is 9.84. The van der Waals surface area contributed by atoms with Crippen LogP contribution in [0.4, 0.5) is 5.69 Å². The molecule has 0 saturated carbocycles. The molecule has 6 nitrogen and oxygen atoms in total. The summed E-state index contributed by atoms with van der Waals surface area (Å²) in [5.41, 5.74) is 3.30. The maximum Gasteiger partial charge on any atom is 0.300 e. The van der Waals surface area contributed by atoms with Gasteiger partial charge in [-0.25, -0.2) is 0 Å². The molecule has 0 aliphatic carbocycles. The average molecular weight is 486 g/mol. The lowest BCUT2D eigenvalue weighted by Crippen LogP contribution is -2.29. The third kappa shape index (κ3) is 4.47. The van der Waals surface area contributed by atoms with Crippen molar-refractivity contribution in [1.29, 1.82) is 0 Å². The first kappa shape index (κ1) is 25.0. The zero-order valence-electron chi connectivity index (χ0n) is 21.5. The Bertz CT molecular complexity index is 1370. The van der Waals surface area contributed by atoms with Gasteiger partial charge in [0.1, 0.15) is 17.3 Å². The van der Waals surface area contributed by atoms with Gasteiger partial charge in [0, 0.05) is 22.9 Å². The number of aliphatic hydroxyl groups is 1. The van der Waals surface area contributed by atoms with Crippen LogP contribution in [0.3, 0.4) is 0 Å². The van der Waals surface area contributed by atoms with Crippen LogP contribution in [0, 0.1) is 6.92 Å². The van der Waals surface area contributed by atoms with Crippen LogP contribution >= 0.6 is 0 Å². The van der Waals surface area contributed by atoms with E-state index in [1.54, 1.807) is 50.6 Å². The number of anilines is 1. The van der Waals surface area contributed by atoms with Gasteiger partial charge in [0.15, 0.2) is 0 Å². The highest BCUT2D eigenvalue weighted by molar-refractivity contribution is 6.51. The number of aliphatic hydroxyl groups excluding tert-OH is 1. The van der Waals surface area contributed by atoms with Crippen LogP contribution in [0.15, 0.2) is 72.3 Å². The van der Waals surface area contributed by atoms with Gasteiger partial charge < -0.3 is 14.6 Å². The second kappa shape index (κ2) is 9.53. The summed E-state index contributed by atoms with van der Waals surface area (Å²) in [5, 5.41) is 11.5. The molecule has 0 spiro atoms. The van der Waals surface area contributed by atoms with Crippen LogP contribution in [-0.4, -0.2) is 31.0 Å². The van der Waals surface area contributed by atoms with Crippen LogP contribution in [0.1, 0.15) is 49.1 Å². The molecule has 1 atom stereocenters. The van der Waals surface area contributed by atoms with E-state index in [4.69, 9.17) is 9.47 Å². The third-order valence-corrected chi connectivity index (χ3v) is 6.41. The van der Waals surface area contributed by atoms with Crippen LogP contribution < -0.4 is 14.4 Å². The molecule has 4 rings (SSSR count). The Morgan fingerprint density at radius 3 is 2.28 bits per heavy atom. The second-order valence-corrected chi connectivity index (χ2v) is 9.95. The molecule has 1 aliphatic rings. The fraction of sp³-hybridized carbons (Fsp3) is 0.267. The van der Waals surface area contributed by atoms with Crippen LogP contribution in [-0.2, 0) is 15.0 Å². The van der Waals surface area contributed by atoms with Crippen molar-refractivity contribution in [1.82, 2.24) is 0 Å². The van der Waals surface area contributed by atoms with Crippen molar-refractivity contribution in [3.63, 3.8) is 0 Å². The van der Waals surface area contributed by atoms with Crippen molar-refractivity contribution in [3.8, 4) is 11.5 Å². The number of amides is 1. The van der Waals surface area contributed by atoms with Crippen molar-refractivity contribution in [2.45, 2.75) is 39.2 Å². The molecule has 186 valence electrons. The number of rotatable bonds is 5. The van der Waals surface area contributed by atoms with Gasteiger partial charge in [0.05, 0.1) is 25.8 Å². The molecule has 1 N–H and O–H groups in total. The van der Waals surface area contributed by atoms with Gasteiger partial charge in [-0.05, 0) is 48.2 Å². The van der Waals surface area contributed by atoms with Gasteiger partial charge in [0.25, 0.3) is 11.7 Å². The van der Waals surface area contributed by atoms with Gasteiger partial charge in [-0.3, -0.25) is 14.5 Å². The Kier molecular flexibility index (Phi) is 6.63. The highest BCUT2D eigenvalue weighted by atomic mass is 16.5. The number of benzene rings is 3. The molecule has 1 unspecified atom stereocenters. The zero-order chi connectivity index (χ0) is 26.2. The average Bonchev–Trinajstić information content (AvgIpc) is 3.13. The van der Waals surface area contributed by atoms with E-state index in [1.807, 2.05) is 58.0 Å². The maximum absolute atomic E-state index is 13.5. The van der Waals surface area contributed by atoms with Gasteiger partial charge in [-0.15, -0.1) is 0 Å². The monoisotopic (exact) mass is 485 g/mol. The molecule has 1 saturated heterocycles. The number of aryl methyl sites for hydroxylation is 1. The molecule has 1 fully saturated rings. The molecule has 0 aromatic heterocycles. The minimum Gasteiger partial charge on any atom is -0.507 e. The summed E-state index contributed by atoms with van der Waals surface area (Å²) in [5.74, 6) is -0.428. The van der Waals surface area contributed by atoms with Crippen LogP contribution in [0.25, 0.3) is 5.76 Å². The summed E-state index contributed by atoms with van der Waals surface area (Å²) >= 11 is 0. The third-order valence-electron chi connectivity index (χ3n) is 6.41. The summed E-state index contributed by atoms with van der Waals surface area (Å²) in [6, 6.07) is 19.1. The lowest BCUT2D eigenvalue weighted by Gasteiger charge is -2.26. The largest absolute Gasteiger partial charge is 0.507 e. The number of nitrogens with zero attached hydrogens (tertiary/aromatic N) is 1. The number of ketones is 1. The number of hydrogen-bond donors (Lipinski definition) is 1. The van der Waals surface area contributed by atoms with Crippen molar-refractivity contribution in [2.24, 2.45) is 0 Å². The Morgan fingerprint density at radius 2 is 1.64 bits per heavy atom. The fourth-order valence-corrected chi connectivity index (χ4v) is 4.61. The normalized spacial score (nSPS) is 17.4. The molecule has 6 heteroatoms. The first-order valence-corrected chi connectivity index (χ1v) is 11.8. The summed E-state index contributed by atoms with van der Waals surface area (Å²) < 4.78 is 10.9.